The van der Waals surface area contributed by atoms with Crippen molar-refractivity contribution >= 4 is 47.4 Å². The van der Waals surface area contributed by atoms with Gasteiger partial charge in [0.05, 0.1) is 17.0 Å². The number of aliphatic carboxylic acids is 1. The number of hydrogen-bond donors (Lipinski definition) is 5. The molecule has 0 unspecified atom stereocenters. The van der Waals surface area contributed by atoms with Crippen molar-refractivity contribution < 1.29 is 57.8 Å². The van der Waals surface area contributed by atoms with E-state index in [1.807, 2.05) is 48.5 Å². The molecular formula is C47H51N5O13. The minimum Gasteiger partial charge on any atom is -0.481 e. The highest BCUT2D eigenvalue weighted by Crippen LogP contribution is 2.44. The van der Waals surface area contributed by atoms with Crippen molar-refractivity contribution in [2.75, 3.05) is 13.2 Å². The highest BCUT2D eigenvalue weighted by Gasteiger charge is 2.34. The summed E-state index contributed by atoms with van der Waals surface area (Å²) in [5.41, 5.74) is 10.2. The number of alkyl carbamates (subject to hydrolysis) is 1. The third kappa shape index (κ3) is 14.2. The van der Waals surface area contributed by atoms with E-state index >= 15 is 0 Å². The number of carboxylic acids is 1. The summed E-state index contributed by atoms with van der Waals surface area (Å²) >= 11 is 0. The lowest BCUT2D eigenvalue weighted by atomic mass is 9.86. The van der Waals surface area contributed by atoms with E-state index < -0.39 is 71.2 Å². The van der Waals surface area contributed by atoms with Crippen LogP contribution in [0.2, 0.25) is 0 Å². The number of carbonyl (C=O) groups excluding carboxylic acids is 6. The molecule has 0 aliphatic heterocycles. The Morgan fingerprint density at radius 3 is 1.95 bits per heavy atom. The monoisotopic (exact) mass is 893 g/mol. The first kappa shape index (κ1) is 48.4. The van der Waals surface area contributed by atoms with E-state index in [2.05, 4.69) is 16.0 Å². The van der Waals surface area contributed by atoms with E-state index in [4.69, 9.17) is 19.9 Å². The minimum atomic E-state index is -1.29. The first-order valence-corrected chi connectivity index (χ1v) is 21.0. The number of hydrogen-bond acceptors (Lipinski definition) is 12. The summed E-state index contributed by atoms with van der Waals surface area (Å²) in [5, 5.41) is 28.1. The number of nitrogens with one attached hydrogen (secondary N) is 3. The van der Waals surface area contributed by atoms with Gasteiger partial charge in [-0.1, -0.05) is 86.6 Å². The van der Waals surface area contributed by atoms with Crippen LogP contribution < -0.4 is 26.4 Å². The van der Waals surface area contributed by atoms with Crippen LogP contribution in [0.25, 0.3) is 11.1 Å². The van der Waals surface area contributed by atoms with Crippen molar-refractivity contribution in [3.8, 4) is 16.9 Å². The number of rotatable bonds is 23. The molecule has 1 aliphatic rings. The van der Waals surface area contributed by atoms with Gasteiger partial charge in [0, 0.05) is 49.8 Å². The second kappa shape index (κ2) is 23.2. The van der Waals surface area contributed by atoms with Gasteiger partial charge >= 0.3 is 24.2 Å². The second-order valence-electron chi connectivity index (χ2n) is 15.8. The lowest BCUT2D eigenvalue weighted by Gasteiger charge is -2.26. The van der Waals surface area contributed by atoms with Crippen LogP contribution in [0, 0.1) is 22.0 Å². The van der Waals surface area contributed by atoms with Crippen LogP contribution in [0.1, 0.15) is 74.1 Å². The zero-order valence-corrected chi connectivity index (χ0v) is 35.9. The summed E-state index contributed by atoms with van der Waals surface area (Å²) in [5.74, 6) is -4.38. The van der Waals surface area contributed by atoms with E-state index in [-0.39, 0.29) is 75.0 Å². The molecule has 5 rings (SSSR count). The Labute approximate surface area is 374 Å². The Balaban J connectivity index is 1.19. The predicted molar refractivity (Wildman–Crippen MR) is 235 cm³/mol. The highest BCUT2D eigenvalue weighted by atomic mass is 16.7. The number of ketones is 2. The minimum absolute atomic E-state index is 0.0378. The van der Waals surface area contributed by atoms with Crippen LogP contribution in [0.3, 0.4) is 0 Å². The molecule has 18 nitrogen and oxygen atoms in total. The molecule has 3 atom stereocenters. The van der Waals surface area contributed by atoms with Crippen molar-refractivity contribution in [2.45, 2.75) is 77.0 Å². The average molecular weight is 894 g/mol. The van der Waals surface area contributed by atoms with Gasteiger partial charge in [0.25, 0.3) is 5.69 Å². The fourth-order valence-corrected chi connectivity index (χ4v) is 7.45. The first-order valence-electron chi connectivity index (χ1n) is 21.0. The zero-order valence-electron chi connectivity index (χ0n) is 35.9. The Kier molecular flexibility index (Phi) is 17.3. The fourth-order valence-electron chi connectivity index (χ4n) is 7.45. The van der Waals surface area contributed by atoms with Crippen molar-refractivity contribution in [3.05, 3.63) is 129 Å². The van der Waals surface area contributed by atoms with Gasteiger partial charge in [0.15, 0.2) is 11.6 Å². The SMILES string of the molecule is CC(C)[C@H](CC(=O)[C@@H](CCC(=O)O)NC(=O)OCC1c2ccccc2-c2ccccc21)C(=O)N[C@@H](CCCNC(N)=O)C(=O)Cc1ccc(COC(=O)Oc2ccc([N+](=O)[O-])cc2)cc1. The molecule has 0 spiro atoms. The van der Waals surface area contributed by atoms with Crippen LogP contribution in [-0.4, -0.2) is 77.0 Å². The van der Waals surface area contributed by atoms with E-state index in [1.165, 1.54) is 24.3 Å². The fraction of sp³-hybridized carbons (Fsp3) is 0.340. The molecule has 0 fully saturated rings. The van der Waals surface area contributed by atoms with Gasteiger partial charge in [0.2, 0.25) is 5.91 Å². The van der Waals surface area contributed by atoms with Gasteiger partial charge in [0.1, 0.15) is 19.0 Å². The van der Waals surface area contributed by atoms with Crippen LogP contribution in [-0.2, 0) is 41.7 Å². The number of benzene rings is 4. The molecule has 0 bridgehead atoms. The lowest BCUT2D eigenvalue weighted by molar-refractivity contribution is -0.384. The van der Waals surface area contributed by atoms with Crippen molar-refractivity contribution in [1.29, 1.82) is 0 Å². The summed E-state index contributed by atoms with van der Waals surface area (Å²) < 4.78 is 15.8. The number of nitrogens with zero attached hydrogens (tertiary/aromatic N) is 1. The Bertz CT molecular complexity index is 2320. The number of nitrogens with two attached hydrogens (primary N) is 1. The van der Waals surface area contributed by atoms with Crippen LogP contribution >= 0.6 is 0 Å². The van der Waals surface area contributed by atoms with Crippen molar-refractivity contribution in [1.82, 2.24) is 16.0 Å². The number of fused-ring (bicyclic) bond motifs is 3. The molecule has 65 heavy (non-hydrogen) atoms. The Morgan fingerprint density at radius 1 is 0.769 bits per heavy atom. The number of urea groups is 1. The number of nitro groups is 1. The second-order valence-corrected chi connectivity index (χ2v) is 15.8. The molecule has 4 amide bonds. The molecule has 6 N–H and O–H groups in total. The smallest absolute Gasteiger partial charge is 0.481 e. The molecule has 4 aromatic carbocycles. The molecule has 0 saturated heterocycles. The van der Waals surface area contributed by atoms with Gasteiger partial charge in [-0.15, -0.1) is 0 Å². The standard InChI is InChI=1S/C47H51N5O13/c1-28(2)37(25-42(54)40(21-22-43(55)56)51-46(59)63-27-38-35-10-5-3-8-33(35)34-9-4-6-11-36(34)38)44(57)50-39(12-7-23-49-45(48)58)41(53)24-29-13-15-30(16-14-29)26-64-47(60)65-32-19-17-31(18-20-32)52(61)62/h3-6,8-11,13-20,28,37-40H,7,12,21-27H2,1-2H3,(H,50,57)(H,51,59)(H,55,56)(H3,48,49,58)/t37-,39-,40+/m0/s1. The summed E-state index contributed by atoms with van der Waals surface area (Å²) in [6.45, 7) is 3.34. The van der Waals surface area contributed by atoms with E-state index in [9.17, 15) is 48.8 Å². The number of carboxylic acid groups (broad SMARTS) is 1. The first-order chi connectivity index (χ1) is 31.1. The molecule has 342 valence electrons. The van der Waals surface area contributed by atoms with Gasteiger partial charge < -0.3 is 41.0 Å². The molecule has 0 heterocycles. The number of ether oxygens (including phenoxy) is 3. The van der Waals surface area contributed by atoms with Crippen molar-refractivity contribution in [2.24, 2.45) is 17.6 Å². The summed E-state index contributed by atoms with van der Waals surface area (Å²) in [7, 11) is 0. The third-order valence-corrected chi connectivity index (χ3v) is 10.9. The summed E-state index contributed by atoms with van der Waals surface area (Å²) in [6, 6.07) is 23.9. The summed E-state index contributed by atoms with van der Waals surface area (Å²) in [4.78, 5) is 100. The van der Waals surface area contributed by atoms with Gasteiger partial charge in [-0.25, -0.2) is 14.4 Å². The quantitative estimate of drug-likeness (QED) is 0.0179. The molecule has 0 radical (unpaired) electrons. The third-order valence-electron chi connectivity index (χ3n) is 10.9. The maximum Gasteiger partial charge on any atom is 0.514 e. The van der Waals surface area contributed by atoms with Crippen LogP contribution in [0.4, 0.5) is 20.1 Å². The topological polar surface area (TPSA) is 273 Å². The van der Waals surface area contributed by atoms with Gasteiger partial charge in [-0.05, 0) is 70.7 Å². The molecular weight excluding hydrogens is 843 g/mol. The van der Waals surface area contributed by atoms with Gasteiger partial charge in [-0.3, -0.25) is 29.3 Å². The zero-order chi connectivity index (χ0) is 47.0. The largest absolute Gasteiger partial charge is 0.514 e. The molecule has 4 aromatic rings. The normalized spacial score (nSPS) is 13.0. The number of primary amides is 1. The maximum atomic E-state index is 13.9. The van der Waals surface area contributed by atoms with E-state index in [0.29, 0.717) is 11.1 Å². The summed E-state index contributed by atoms with van der Waals surface area (Å²) in [6.07, 6.45) is -2.78. The molecule has 1 aliphatic carbocycles. The maximum absolute atomic E-state index is 13.9. The number of Topliss-reactive ketones (excluding diaryl/α,β-unsaturated/α-hetero) is 2. The number of nitro benzene ring substituents is 1. The van der Waals surface area contributed by atoms with Gasteiger partial charge in [-0.2, -0.15) is 0 Å². The number of amides is 4. The van der Waals surface area contributed by atoms with Crippen LogP contribution in [0.15, 0.2) is 97.1 Å². The number of non-ortho nitro benzene ring substituents is 1. The predicted octanol–water partition coefficient (Wildman–Crippen LogP) is 6.36. The Morgan fingerprint density at radius 2 is 1.37 bits per heavy atom. The van der Waals surface area contributed by atoms with Crippen molar-refractivity contribution in [3.63, 3.8) is 0 Å². The highest BCUT2D eigenvalue weighted by molar-refractivity contribution is 5.94. The molecule has 0 aromatic heterocycles. The van der Waals surface area contributed by atoms with E-state index in [0.717, 1.165) is 22.3 Å². The average Bonchev–Trinajstić information content (AvgIpc) is 3.60. The lowest BCUT2D eigenvalue weighted by Crippen LogP contribution is -2.48. The molecule has 18 heteroatoms. The molecule has 0 saturated carbocycles. The number of carbonyl (C=O) groups is 7. The van der Waals surface area contributed by atoms with Crippen LogP contribution in [0.5, 0.6) is 5.75 Å². The Hall–Kier alpha value is -7.63. The van der Waals surface area contributed by atoms with E-state index in [1.54, 1.807) is 38.1 Å².